The SMILES string of the molecule is CC(Nc1ccc(F)cc1F)C(=O)NC(N)=O. The van der Waals surface area contributed by atoms with E-state index in [1.807, 2.05) is 5.32 Å². The average Bonchev–Trinajstić information content (AvgIpc) is 2.21. The van der Waals surface area contributed by atoms with Gasteiger partial charge in [0.05, 0.1) is 5.69 Å². The number of imide groups is 1. The summed E-state index contributed by atoms with van der Waals surface area (Å²) >= 11 is 0. The smallest absolute Gasteiger partial charge is 0.318 e. The molecule has 0 saturated carbocycles. The molecule has 7 heteroatoms. The molecule has 0 aliphatic rings. The zero-order valence-corrected chi connectivity index (χ0v) is 8.96. The summed E-state index contributed by atoms with van der Waals surface area (Å²) in [5.41, 5.74) is 4.71. The third-order valence-corrected chi connectivity index (χ3v) is 1.94. The lowest BCUT2D eigenvalue weighted by Crippen LogP contribution is -2.43. The van der Waals surface area contributed by atoms with Crippen LogP contribution in [0.4, 0.5) is 19.3 Å². The summed E-state index contributed by atoms with van der Waals surface area (Å²) < 4.78 is 25.8. The van der Waals surface area contributed by atoms with Gasteiger partial charge in [-0.15, -0.1) is 0 Å². The third-order valence-electron chi connectivity index (χ3n) is 1.94. The van der Waals surface area contributed by atoms with Crippen LogP contribution in [0.1, 0.15) is 6.92 Å². The molecule has 0 fully saturated rings. The van der Waals surface area contributed by atoms with Crippen LogP contribution in [-0.2, 0) is 4.79 Å². The summed E-state index contributed by atoms with van der Waals surface area (Å²) in [4.78, 5) is 21.7. The van der Waals surface area contributed by atoms with Crippen LogP contribution < -0.4 is 16.4 Å². The first kappa shape index (κ1) is 12.9. The van der Waals surface area contributed by atoms with Crippen LogP contribution in [0.15, 0.2) is 18.2 Å². The Balaban J connectivity index is 2.70. The van der Waals surface area contributed by atoms with Crippen molar-refractivity contribution < 1.29 is 18.4 Å². The number of hydrogen-bond donors (Lipinski definition) is 3. The fourth-order valence-corrected chi connectivity index (χ4v) is 1.14. The van der Waals surface area contributed by atoms with E-state index in [1.54, 1.807) is 0 Å². The van der Waals surface area contributed by atoms with Gasteiger partial charge in [-0.1, -0.05) is 0 Å². The fraction of sp³-hybridized carbons (Fsp3) is 0.200. The number of carbonyl (C=O) groups excluding carboxylic acids is 2. The van der Waals surface area contributed by atoms with Crippen LogP contribution >= 0.6 is 0 Å². The van der Waals surface area contributed by atoms with E-state index < -0.39 is 29.6 Å². The highest BCUT2D eigenvalue weighted by molar-refractivity contribution is 5.97. The number of primary amides is 1. The number of nitrogens with one attached hydrogen (secondary N) is 2. The fourth-order valence-electron chi connectivity index (χ4n) is 1.14. The van der Waals surface area contributed by atoms with Gasteiger partial charge >= 0.3 is 6.03 Å². The second-order valence-corrected chi connectivity index (χ2v) is 3.34. The number of urea groups is 1. The van der Waals surface area contributed by atoms with E-state index >= 15 is 0 Å². The van der Waals surface area contributed by atoms with Crippen molar-refractivity contribution in [3.63, 3.8) is 0 Å². The van der Waals surface area contributed by atoms with Gasteiger partial charge in [-0.2, -0.15) is 0 Å². The molecule has 1 unspecified atom stereocenters. The highest BCUT2D eigenvalue weighted by Crippen LogP contribution is 2.15. The lowest BCUT2D eigenvalue weighted by molar-refractivity contribution is -0.120. The van der Waals surface area contributed by atoms with E-state index in [2.05, 4.69) is 5.32 Å². The first-order chi connectivity index (χ1) is 7.90. The van der Waals surface area contributed by atoms with Gasteiger partial charge in [0, 0.05) is 6.07 Å². The largest absolute Gasteiger partial charge is 0.372 e. The molecule has 0 aliphatic heterocycles. The number of rotatable bonds is 3. The Morgan fingerprint density at radius 1 is 1.35 bits per heavy atom. The molecule has 0 aromatic heterocycles. The van der Waals surface area contributed by atoms with E-state index in [0.29, 0.717) is 6.07 Å². The zero-order chi connectivity index (χ0) is 13.0. The highest BCUT2D eigenvalue weighted by atomic mass is 19.1. The highest BCUT2D eigenvalue weighted by Gasteiger charge is 2.15. The van der Waals surface area contributed by atoms with E-state index in [0.717, 1.165) is 12.1 Å². The van der Waals surface area contributed by atoms with Gasteiger partial charge in [0.2, 0.25) is 5.91 Å². The van der Waals surface area contributed by atoms with Gasteiger partial charge in [0.15, 0.2) is 0 Å². The molecule has 92 valence electrons. The number of hydrogen-bond acceptors (Lipinski definition) is 3. The Bertz CT molecular complexity index is 451. The van der Waals surface area contributed by atoms with Crippen LogP contribution in [0.2, 0.25) is 0 Å². The molecule has 0 radical (unpaired) electrons. The van der Waals surface area contributed by atoms with Gasteiger partial charge in [-0.3, -0.25) is 10.1 Å². The van der Waals surface area contributed by atoms with Gasteiger partial charge in [-0.25, -0.2) is 13.6 Å². The number of halogens is 2. The van der Waals surface area contributed by atoms with Gasteiger partial charge < -0.3 is 11.1 Å². The van der Waals surface area contributed by atoms with Gasteiger partial charge in [-0.05, 0) is 19.1 Å². The summed E-state index contributed by atoms with van der Waals surface area (Å²) in [5, 5.41) is 4.32. The summed E-state index contributed by atoms with van der Waals surface area (Å²) in [6.45, 7) is 1.40. The van der Waals surface area contributed by atoms with E-state index in [-0.39, 0.29) is 5.69 Å². The van der Waals surface area contributed by atoms with E-state index in [1.165, 1.54) is 6.92 Å². The zero-order valence-electron chi connectivity index (χ0n) is 8.96. The van der Waals surface area contributed by atoms with Crippen molar-refractivity contribution in [2.75, 3.05) is 5.32 Å². The lowest BCUT2D eigenvalue weighted by atomic mass is 10.2. The average molecular weight is 243 g/mol. The molecule has 1 atom stereocenters. The first-order valence-electron chi connectivity index (χ1n) is 4.72. The van der Waals surface area contributed by atoms with Crippen LogP contribution in [0.25, 0.3) is 0 Å². The second kappa shape index (κ2) is 5.24. The number of nitrogens with two attached hydrogens (primary N) is 1. The minimum Gasteiger partial charge on any atom is -0.372 e. The second-order valence-electron chi connectivity index (χ2n) is 3.34. The Morgan fingerprint density at radius 3 is 2.53 bits per heavy atom. The molecule has 0 aliphatic carbocycles. The maximum absolute atomic E-state index is 13.2. The van der Waals surface area contributed by atoms with Crippen LogP contribution in [0.3, 0.4) is 0 Å². The molecule has 0 heterocycles. The summed E-state index contributed by atoms with van der Waals surface area (Å²) in [7, 11) is 0. The topological polar surface area (TPSA) is 84.2 Å². The third kappa shape index (κ3) is 3.71. The van der Waals surface area contributed by atoms with Gasteiger partial charge in [0.25, 0.3) is 0 Å². The van der Waals surface area contributed by atoms with Gasteiger partial charge in [0.1, 0.15) is 17.7 Å². The lowest BCUT2D eigenvalue weighted by Gasteiger charge is -2.14. The first-order valence-corrected chi connectivity index (χ1v) is 4.72. The quantitative estimate of drug-likeness (QED) is 0.739. The minimum atomic E-state index is -0.997. The minimum absolute atomic E-state index is 0.0430. The summed E-state index contributed by atoms with van der Waals surface area (Å²) in [6, 6.07) is 0.995. The molecule has 1 rings (SSSR count). The van der Waals surface area contributed by atoms with E-state index in [9.17, 15) is 18.4 Å². The Morgan fingerprint density at radius 2 is 2.00 bits per heavy atom. The number of benzene rings is 1. The molecule has 1 aromatic carbocycles. The maximum Gasteiger partial charge on any atom is 0.318 e. The van der Waals surface area contributed by atoms with Crippen molar-refractivity contribution in [3.8, 4) is 0 Å². The molecule has 0 bridgehead atoms. The predicted molar refractivity (Wildman–Crippen MR) is 57.2 cm³/mol. The summed E-state index contributed by atoms with van der Waals surface area (Å²) in [5.74, 6) is -2.26. The van der Waals surface area contributed by atoms with E-state index in [4.69, 9.17) is 5.73 Å². The monoisotopic (exact) mass is 243 g/mol. The van der Waals surface area contributed by atoms with Crippen LogP contribution in [0.5, 0.6) is 0 Å². The number of anilines is 1. The molecule has 17 heavy (non-hydrogen) atoms. The molecule has 5 nitrogen and oxygen atoms in total. The molecule has 0 spiro atoms. The molecule has 3 amide bonds. The molecule has 4 N–H and O–H groups in total. The Labute approximate surface area is 96.0 Å². The predicted octanol–water partition coefficient (Wildman–Crippen LogP) is 0.960. The molecular formula is C10H11F2N3O2. The normalized spacial score (nSPS) is 11.7. The van der Waals surface area contributed by atoms with Crippen LogP contribution in [0, 0.1) is 11.6 Å². The van der Waals surface area contributed by atoms with Crippen molar-refractivity contribution in [2.45, 2.75) is 13.0 Å². The van der Waals surface area contributed by atoms with Crippen molar-refractivity contribution in [1.29, 1.82) is 0 Å². The molecular weight excluding hydrogens is 232 g/mol. The van der Waals surface area contributed by atoms with Crippen LogP contribution in [-0.4, -0.2) is 18.0 Å². The molecule has 0 saturated heterocycles. The number of amides is 3. The summed E-state index contributed by atoms with van der Waals surface area (Å²) in [6.07, 6.45) is 0. The Kier molecular flexibility index (Phi) is 3.97. The number of carbonyl (C=O) groups is 2. The Hall–Kier alpha value is -2.18. The standard InChI is InChI=1S/C10H11F2N3O2/c1-5(9(16)15-10(13)17)14-8-3-2-6(11)4-7(8)12/h2-5,14H,1H3,(H3,13,15,16,17). The van der Waals surface area contributed by atoms with Crippen molar-refractivity contribution in [2.24, 2.45) is 5.73 Å². The van der Waals surface area contributed by atoms with Crippen molar-refractivity contribution >= 4 is 17.6 Å². The van der Waals surface area contributed by atoms with Crippen molar-refractivity contribution in [3.05, 3.63) is 29.8 Å². The molecule has 1 aromatic rings. The van der Waals surface area contributed by atoms with Crippen molar-refractivity contribution in [1.82, 2.24) is 5.32 Å². The maximum atomic E-state index is 13.2.